The van der Waals surface area contributed by atoms with Crippen molar-refractivity contribution in [3.8, 4) is 0 Å². The molecule has 0 aromatic heterocycles. The predicted molar refractivity (Wildman–Crippen MR) is 244 cm³/mol. The van der Waals surface area contributed by atoms with Gasteiger partial charge in [0.25, 0.3) is 0 Å². The van der Waals surface area contributed by atoms with E-state index in [1.165, 1.54) is 14.0 Å². The van der Waals surface area contributed by atoms with Crippen LogP contribution in [0.1, 0.15) is 124 Å². The first-order valence-corrected chi connectivity index (χ1v) is 24.2. The molecular formula is C50H70NO13Si. The first kappa shape index (κ1) is 51.6. The summed E-state index contributed by atoms with van der Waals surface area (Å²) in [5.41, 5.74) is -4.62. The van der Waals surface area contributed by atoms with Crippen LogP contribution in [0.5, 0.6) is 0 Å². The van der Waals surface area contributed by atoms with E-state index in [0.29, 0.717) is 16.7 Å². The second-order valence-corrected chi connectivity index (χ2v) is 23.5. The molecule has 2 saturated carbocycles. The number of aliphatic hydroxyl groups is 2. The number of rotatable bonds is 14. The molecule has 0 spiro atoms. The van der Waals surface area contributed by atoms with Crippen molar-refractivity contribution in [1.82, 2.24) is 5.32 Å². The second kappa shape index (κ2) is 20.2. The van der Waals surface area contributed by atoms with E-state index in [1.54, 1.807) is 103 Å². The van der Waals surface area contributed by atoms with Crippen molar-refractivity contribution in [3.63, 3.8) is 0 Å². The molecule has 10 atom stereocenters. The zero-order chi connectivity index (χ0) is 48.4. The van der Waals surface area contributed by atoms with Crippen molar-refractivity contribution in [2.75, 3.05) is 13.7 Å². The van der Waals surface area contributed by atoms with E-state index in [0.717, 1.165) is 0 Å². The number of ether oxygens (including phenoxy) is 5. The van der Waals surface area contributed by atoms with Gasteiger partial charge >= 0.3 is 24.0 Å². The fourth-order valence-corrected chi connectivity index (χ4v) is 13.1. The van der Waals surface area contributed by atoms with Gasteiger partial charge in [0.2, 0.25) is 9.04 Å². The van der Waals surface area contributed by atoms with Gasteiger partial charge in [0.15, 0.2) is 11.9 Å². The molecule has 3 aliphatic carbocycles. The van der Waals surface area contributed by atoms with Crippen LogP contribution in [-0.2, 0) is 42.5 Å². The number of esters is 3. The Bertz CT molecular complexity index is 2060. The number of ketones is 1. The minimum atomic E-state index is -2.17. The van der Waals surface area contributed by atoms with Crippen LogP contribution in [0.2, 0.25) is 11.1 Å². The Morgan fingerprint density at radius 1 is 0.892 bits per heavy atom. The summed E-state index contributed by atoms with van der Waals surface area (Å²) < 4.78 is 37.6. The van der Waals surface area contributed by atoms with E-state index in [1.807, 2.05) is 33.8 Å². The lowest BCUT2D eigenvalue weighted by molar-refractivity contribution is -0.241. The monoisotopic (exact) mass is 920 g/mol. The molecule has 3 aliphatic rings. The number of hydrogen-bond donors (Lipinski definition) is 3. The number of benzene rings is 2. The number of amides is 1. The molecule has 0 saturated heterocycles. The molecule has 1 amide bonds. The zero-order valence-electron chi connectivity index (χ0n) is 40.3. The Hall–Kier alpha value is -4.41. The first-order chi connectivity index (χ1) is 30.3. The van der Waals surface area contributed by atoms with Crippen LogP contribution in [0.4, 0.5) is 4.79 Å². The molecule has 3 unspecified atom stereocenters. The lowest BCUT2D eigenvalue weighted by Gasteiger charge is -2.62. The van der Waals surface area contributed by atoms with E-state index in [-0.39, 0.29) is 35.9 Å². The summed E-state index contributed by atoms with van der Waals surface area (Å²) in [6.07, 6.45) is -6.82. The van der Waals surface area contributed by atoms with Crippen LogP contribution >= 0.6 is 0 Å². The Balaban J connectivity index is 1.75. The van der Waals surface area contributed by atoms with E-state index in [9.17, 15) is 24.6 Å². The number of carbonyl (C=O) groups excluding carboxylic acids is 5. The van der Waals surface area contributed by atoms with E-state index in [4.69, 9.17) is 28.1 Å². The number of alkyl carbamates (subject to hydrolysis) is 1. The number of carbonyl (C=O) groups is 5. The van der Waals surface area contributed by atoms with E-state index < -0.39 is 116 Å². The molecule has 1 radical (unpaired) electrons. The number of methoxy groups -OCH3 is 1. The molecule has 357 valence electrons. The zero-order valence-corrected chi connectivity index (χ0v) is 41.3. The fourth-order valence-electron chi connectivity index (χ4n) is 10.7. The summed E-state index contributed by atoms with van der Waals surface area (Å²) in [5, 5.41) is 28.1. The highest BCUT2D eigenvalue weighted by Crippen LogP contribution is 2.61. The molecule has 2 bridgehead atoms. The van der Waals surface area contributed by atoms with Gasteiger partial charge < -0.3 is 43.6 Å². The minimum absolute atomic E-state index is 0.0159. The highest BCUT2D eigenvalue weighted by Gasteiger charge is 2.71. The normalized spacial score (nSPS) is 28.7. The Labute approximate surface area is 385 Å². The molecular weight excluding hydrogens is 851 g/mol. The van der Waals surface area contributed by atoms with Crippen LogP contribution in [0.3, 0.4) is 0 Å². The van der Waals surface area contributed by atoms with Crippen LogP contribution in [0.15, 0.2) is 71.8 Å². The van der Waals surface area contributed by atoms with Crippen molar-refractivity contribution in [3.05, 3.63) is 82.9 Å². The van der Waals surface area contributed by atoms with Gasteiger partial charge in [-0.1, -0.05) is 90.1 Å². The molecule has 2 aromatic rings. The third-order valence-corrected chi connectivity index (χ3v) is 16.5. The minimum Gasteiger partial charge on any atom is -0.462 e. The lowest BCUT2D eigenvalue weighted by atomic mass is 9.46. The van der Waals surface area contributed by atoms with Gasteiger partial charge in [-0.2, -0.15) is 0 Å². The average Bonchev–Trinajstić information content (AvgIpc) is 3.22. The van der Waals surface area contributed by atoms with Crippen molar-refractivity contribution >= 4 is 38.8 Å². The number of Topliss-reactive ketones (excluding diaryl/α,β-unsaturated/α-hetero) is 1. The molecule has 2 aromatic carbocycles. The van der Waals surface area contributed by atoms with Gasteiger partial charge in [-0.05, 0) is 87.4 Å². The maximum atomic E-state index is 15.5. The Morgan fingerprint density at radius 3 is 2.00 bits per heavy atom. The molecule has 3 N–H and O–H groups in total. The summed E-state index contributed by atoms with van der Waals surface area (Å²) in [4.78, 5) is 71.6. The molecule has 14 nitrogen and oxygen atoms in total. The number of fused-ring (bicyclic) bond motifs is 3. The number of nitrogens with one attached hydrogen (secondary N) is 1. The summed E-state index contributed by atoms with van der Waals surface area (Å²) in [5.74, 6) is -5.26. The van der Waals surface area contributed by atoms with Crippen molar-refractivity contribution in [2.24, 2.45) is 22.7 Å². The summed E-state index contributed by atoms with van der Waals surface area (Å²) in [6.45, 7) is 20.6. The van der Waals surface area contributed by atoms with Crippen LogP contribution in [-0.4, -0.2) is 104 Å². The van der Waals surface area contributed by atoms with Gasteiger partial charge in [0.05, 0.1) is 41.6 Å². The van der Waals surface area contributed by atoms with Gasteiger partial charge in [0.1, 0.15) is 29.5 Å². The highest BCUT2D eigenvalue weighted by atomic mass is 28.3. The van der Waals surface area contributed by atoms with Crippen LogP contribution in [0.25, 0.3) is 0 Å². The topological polar surface area (TPSA) is 193 Å². The lowest BCUT2D eigenvalue weighted by Crippen LogP contribution is -2.72. The molecule has 65 heavy (non-hydrogen) atoms. The number of aliphatic hydroxyl groups excluding tert-OH is 1. The standard InChI is InChI=1S/C50H70NO13Si/c1-28(2)65(29(3)4)64-41(40(32-20-16-14-17-21-32)51-46(57)63-47(7,8)9)45(56)61-36-26-50(58)43(62-44(55)33-22-18-15-19-23-33)39-35(60-31(6)53)24-25-37(59-13)49(39,12)42(54)34(27-52)38(30(36)5)48(50,10)11/h14-23,28-29,34-37,39-41,43,52,58H,24-27H2,1-13H3,(H,51,57)/t34-,35?,36+,37+,39?,40+,41?,43+,49-,50-/m1/s1. The first-order valence-electron chi connectivity index (χ1n) is 22.7. The maximum Gasteiger partial charge on any atom is 0.408 e. The van der Waals surface area contributed by atoms with Crippen LogP contribution in [0, 0.1) is 22.7 Å². The van der Waals surface area contributed by atoms with Crippen molar-refractivity contribution in [2.45, 2.75) is 161 Å². The van der Waals surface area contributed by atoms with Crippen LogP contribution < -0.4 is 5.32 Å². The predicted octanol–water partition coefficient (Wildman–Crippen LogP) is 7.62. The average molecular weight is 921 g/mol. The van der Waals surface area contributed by atoms with Gasteiger partial charge in [-0.15, -0.1) is 0 Å². The largest absolute Gasteiger partial charge is 0.462 e. The smallest absolute Gasteiger partial charge is 0.408 e. The van der Waals surface area contributed by atoms with Crippen molar-refractivity contribution in [1.29, 1.82) is 0 Å². The summed E-state index contributed by atoms with van der Waals surface area (Å²) >= 11 is 0. The summed E-state index contributed by atoms with van der Waals surface area (Å²) in [6, 6.07) is 16.0. The quantitative estimate of drug-likeness (QED) is 0.0726. The highest BCUT2D eigenvalue weighted by molar-refractivity contribution is 6.55. The molecule has 15 heteroatoms. The SMILES string of the molecule is CO[C@H]1CCC(OC(C)=O)C2[C@H](OC(=O)c3ccccc3)[C@]3(O)C[C@H](OC(=O)C(O[Si](C(C)C)C(C)C)[C@@H](NC(=O)OC(C)(C)C)c4ccccc4)C(C)=C([C@@H](CO)C(=O)[C@@]21C)C3(C)C. The van der Waals surface area contributed by atoms with E-state index >= 15 is 9.59 Å². The molecule has 5 rings (SSSR count). The maximum absolute atomic E-state index is 15.5. The Morgan fingerprint density at radius 2 is 1.48 bits per heavy atom. The molecule has 2 fully saturated rings. The molecule has 0 heterocycles. The third kappa shape index (κ3) is 10.4. The fraction of sp³-hybridized carbons (Fsp3) is 0.620. The van der Waals surface area contributed by atoms with E-state index in [2.05, 4.69) is 5.32 Å². The molecule has 0 aliphatic heterocycles. The number of hydrogen-bond acceptors (Lipinski definition) is 13. The van der Waals surface area contributed by atoms with Gasteiger partial charge in [-0.25, -0.2) is 14.4 Å². The van der Waals surface area contributed by atoms with Gasteiger partial charge in [0, 0.05) is 25.9 Å². The summed E-state index contributed by atoms with van der Waals surface area (Å²) in [7, 11) is -0.340. The van der Waals surface area contributed by atoms with Gasteiger partial charge in [-0.3, -0.25) is 9.59 Å². The third-order valence-electron chi connectivity index (χ3n) is 13.7. The second-order valence-electron chi connectivity index (χ2n) is 20.1. The van der Waals surface area contributed by atoms with Crippen molar-refractivity contribution < 1.29 is 62.3 Å². The Kier molecular flexibility index (Phi) is 16.0.